The summed E-state index contributed by atoms with van der Waals surface area (Å²) < 4.78 is 18.5. The minimum absolute atomic E-state index is 0.309. The molecule has 0 spiro atoms. The molecule has 0 aliphatic heterocycles. The molecule has 1 unspecified atom stereocenters. The van der Waals surface area contributed by atoms with E-state index in [1.54, 1.807) is 26.3 Å². The fourth-order valence-corrected chi connectivity index (χ4v) is 2.94. The van der Waals surface area contributed by atoms with Gasteiger partial charge in [0.2, 0.25) is 5.91 Å². The number of benzene rings is 2. The summed E-state index contributed by atoms with van der Waals surface area (Å²) in [4.78, 5) is 18.1. The van der Waals surface area contributed by atoms with Crippen molar-refractivity contribution in [1.29, 1.82) is 0 Å². The number of hydrogen-bond acceptors (Lipinski definition) is 3. The zero-order valence-corrected chi connectivity index (χ0v) is 16.5. The lowest BCUT2D eigenvalue weighted by molar-refractivity contribution is -0.121. The van der Waals surface area contributed by atoms with E-state index in [1.165, 1.54) is 12.1 Å². The molecule has 2 aromatic carbocycles. The van der Waals surface area contributed by atoms with Gasteiger partial charge >= 0.3 is 0 Å². The number of carbonyl (C=O) groups is 1. The normalized spacial score (nSPS) is 12.4. The first-order valence-electron chi connectivity index (χ1n) is 9.02. The van der Waals surface area contributed by atoms with E-state index in [4.69, 9.17) is 10.5 Å². The molecule has 0 aliphatic rings. The van der Waals surface area contributed by atoms with E-state index >= 15 is 0 Å². The Balaban J connectivity index is 1.99. The van der Waals surface area contributed by atoms with Gasteiger partial charge in [0, 0.05) is 32.7 Å². The second kappa shape index (κ2) is 10.3. The highest BCUT2D eigenvalue weighted by molar-refractivity contribution is 5.81. The van der Waals surface area contributed by atoms with Crippen molar-refractivity contribution in [2.45, 2.75) is 13.0 Å². The van der Waals surface area contributed by atoms with Crippen molar-refractivity contribution in [2.75, 3.05) is 27.7 Å². The van der Waals surface area contributed by atoms with Crippen molar-refractivity contribution in [3.05, 3.63) is 65.5 Å². The van der Waals surface area contributed by atoms with E-state index in [0.29, 0.717) is 25.5 Å². The van der Waals surface area contributed by atoms with Crippen molar-refractivity contribution in [3.63, 3.8) is 0 Å². The summed E-state index contributed by atoms with van der Waals surface area (Å²) >= 11 is 0. The number of nitrogens with one attached hydrogen (secondary N) is 1. The fourth-order valence-electron chi connectivity index (χ4n) is 2.94. The highest BCUT2D eigenvalue weighted by Crippen LogP contribution is 2.18. The van der Waals surface area contributed by atoms with E-state index in [1.807, 2.05) is 36.2 Å². The summed E-state index contributed by atoms with van der Waals surface area (Å²) in [7, 11) is 5.22. The third-order valence-electron chi connectivity index (χ3n) is 4.48. The number of nitrogens with two attached hydrogens (primary N) is 1. The van der Waals surface area contributed by atoms with Gasteiger partial charge in [0.15, 0.2) is 5.96 Å². The van der Waals surface area contributed by atoms with Crippen LogP contribution >= 0.6 is 0 Å². The molecule has 1 amide bonds. The number of hydrogen-bond donors (Lipinski definition) is 2. The van der Waals surface area contributed by atoms with Gasteiger partial charge in [-0.25, -0.2) is 4.39 Å². The zero-order valence-electron chi connectivity index (χ0n) is 16.5. The fraction of sp³-hybridized carbons (Fsp3) is 0.333. The SMILES string of the molecule is CN=C(NCC(Cc1ccc(F)cc1)C(N)=O)N(C)Cc1ccccc1OC. The lowest BCUT2D eigenvalue weighted by atomic mass is 9.98. The lowest BCUT2D eigenvalue weighted by Crippen LogP contribution is -2.43. The number of carbonyl (C=O) groups excluding carboxylic acids is 1. The van der Waals surface area contributed by atoms with Crippen LogP contribution in [0.5, 0.6) is 5.75 Å². The topological polar surface area (TPSA) is 79.9 Å². The molecule has 6 nitrogen and oxygen atoms in total. The Bertz CT molecular complexity index is 808. The van der Waals surface area contributed by atoms with Crippen LogP contribution in [0, 0.1) is 11.7 Å². The Kier molecular flexibility index (Phi) is 7.80. The molecular formula is C21H27FN4O2. The van der Waals surface area contributed by atoms with Gasteiger partial charge < -0.3 is 20.7 Å². The van der Waals surface area contributed by atoms with Crippen LogP contribution in [0.3, 0.4) is 0 Å². The average Bonchev–Trinajstić information content (AvgIpc) is 2.69. The van der Waals surface area contributed by atoms with E-state index in [0.717, 1.165) is 16.9 Å². The van der Waals surface area contributed by atoms with Crippen LogP contribution < -0.4 is 15.8 Å². The van der Waals surface area contributed by atoms with Gasteiger partial charge in [-0.05, 0) is 30.2 Å². The first-order valence-corrected chi connectivity index (χ1v) is 9.02. The number of aliphatic imine (C=N–C) groups is 1. The number of methoxy groups -OCH3 is 1. The van der Waals surface area contributed by atoms with Crippen molar-refractivity contribution in [2.24, 2.45) is 16.6 Å². The number of guanidine groups is 1. The Morgan fingerprint density at radius 3 is 2.54 bits per heavy atom. The second-order valence-corrected chi connectivity index (χ2v) is 6.53. The molecule has 0 aliphatic carbocycles. The molecule has 1 atom stereocenters. The number of rotatable bonds is 8. The molecule has 0 saturated carbocycles. The number of nitrogens with zero attached hydrogens (tertiary/aromatic N) is 2. The monoisotopic (exact) mass is 386 g/mol. The predicted octanol–water partition coefficient (Wildman–Crippen LogP) is 2.19. The van der Waals surface area contributed by atoms with E-state index in [2.05, 4.69) is 10.3 Å². The highest BCUT2D eigenvalue weighted by atomic mass is 19.1. The van der Waals surface area contributed by atoms with E-state index < -0.39 is 11.8 Å². The van der Waals surface area contributed by atoms with Crippen molar-refractivity contribution in [1.82, 2.24) is 10.2 Å². The van der Waals surface area contributed by atoms with Gasteiger partial charge in [-0.3, -0.25) is 9.79 Å². The zero-order chi connectivity index (χ0) is 20.5. The highest BCUT2D eigenvalue weighted by Gasteiger charge is 2.18. The van der Waals surface area contributed by atoms with Crippen LogP contribution in [0.1, 0.15) is 11.1 Å². The molecule has 0 aromatic heterocycles. The Labute approximate surface area is 165 Å². The number of para-hydroxylation sites is 1. The van der Waals surface area contributed by atoms with E-state index in [-0.39, 0.29) is 5.82 Å². The molecule has 7 heteroatoms. The van der Waals surface area contributed by atoms with Crippen LogP contribution in [-0.2, 0) is 17.8 Å². The number of amides is 1. The van der Waals surface area contributed by atoms with Crippen LogP contribution in [-0.4, -0.2) is 44.5 Å². The molecule has 3 N–H and O–H groups in total. The molecule has 28 heavy (non-hydrogen) atoms. The van der Waals surface area contributed by atoms with Gasteiger partial charge in [0.05, 0.1) is 13.0 Å². The molecule has 0 saturated heterocycles. The summed E-state index contributed by atoms with van der Waals surface area (Å²) in [5.74, 6) is 0.268. The third kappa shape index (κ3) is 5.97. The maximum Gasteiger partial charge on any atom is 0.222 e. The van der Waals surface area contributed by atoms with Gasteiger partial charge in [0.25, 0.3) is 0 Å². The molecule has 0 fully saturated rings. The minimum atomic E-state index is -0.443. The van der Waals surface area contributed by atoms with Crippen molar-refractivity contribution in [3.8, 4) is 5.75 Å². The summed E-state index contributed by atoms with van der Waals surface area (Å²) in [6.45, 7) is 0.915. The quantitative estimate of drug-likeness (QED) is 0.538. The van der Waals surface area contributed by atoms with E-state index in [9.17, 15) is 9.18 Å². The van der Waals surface area contributed by atoms with Crippen LogP contribution in [0.15, 0.2) is 53.5 Å². The van der Waals surface area contributed by atoms with Crippen LogP contribution in [0.2, 0.25) is 0 Å². The smallest absolute Gasteiger partial charge is 0.222 e. The number of ether oxygens (including phenoxy) is 1. The second-order valence-electron chi connectivity index (χ2n) is 6.53. The average molecular weight is 386 g/mol. The standard InChI is InChI=1S/C21H27FN4O2/c1-24-21(26(2)14-16-6-4-5-7-19(16)28-3)25-13-17(20(23)27)12-15-8-10-18(22)11-9-15/h4-11,17H,12-14H2,1-3H3,(H2,23,27)(H,24,25). The number of primary amides is 1. The molecule has 0 bridgehead atoms. The summed E-state index contributed by atoms with van der Waals surface area (Å²) in [6.07, 6.45) is 0.426. The minimum Gasteiger partial charge on any atom is -0.496 e. The third-order valence-corrected chi connectivity index (χ3v) is 4.48. The molecule has 2 rings (SSSR count). The first-order chi connectivity index (χ1) is 13.4. The summed E-state index contributed by atoms with van der Waals surface area (Å²) in [6, 6.07) is 13.8. The first kappa shape index (κ1) is 21.2. The van der Waals surface area contributed by atoms with Gasteiger partial charge in [-0.15, -0.1) is 0 Å². The van der Waals surface area contributed by atoms with Gasteiger partial charge in [-0.1, -0.05) is 30.3 Å². The predicted molar refractivity (Wildman–Crippen MR) is 109 cm³/mol. The Hall–Kier alpha value is -3.09. The van der Waals surface area contributed by atoms with Crippen LogP contribution in [0.25, 0.3) is 0 Å². The summed E-state index contributed by atoms with van der Waals surface area (Å²) in [5, 5.41) is 3.20. The van der Waals surface area contributed by atoms with Gasteiger partial charge in [0.1, 0.15) is 11.6 Å². The Morgan fingerprint density at radius 1 is 1.25 bits per heavy atom. The molecule has 0 radical (unpaired) electrons. The summed E-state index contributed by atoms with van der Waals surface area (Å²) in [5.41, 5.74) is 7.43. The maximum absolute atomic E-state index is 13.1. The molecular weight excluding hydrogens is 359 g/mol. The van der Waals surface area contributed by atoms with Crippen LogP contribution in [0.4, 0.5) is 4.39 Å². The lowest BCUT2D eigenvalue weighted by Gasteiger charge is -2.24. The molecule has 2 aromatic rings. The number of halogens is 1. The molecule has 0 heterocycles. The molecule has 150 valence electrons. The maximum atomic E-state index is 13.1. The van der Waals surface area contributed by atoms with Gasteiger partial charge in [-0.2, -0.15) is 0 Å². The Morgan fingerprint density at radius 2 is 1.93 bits per heavy atom. The van der Waals surface area contributed by atoms with Crippen molar-refractivity contribution < 1.29 is 13.9 Å². The largest absolute Gasteiger partial charge is 0.496 e. The van der Waals surface area contributed by atoms with Crippen molar-refractivity contribution >= 4 is 11.9 Å².